The maximum absolute atomic E-state index is 11.3. The van der Waals surface area contributed by atoms with E-state index < -0.39 is 0 Å². The second-order valence-electron chi connectivity index (χ2n) is 11.1. The molecule has 0 spiro atoms. The predicted octanol–water partition coefficient (Wildman–Crippen LogP) is 7.60. The Labute approximate surface area is 187 Å². The minimum Gasteiger partial charge on any atom is -0.397 e. The maximum Gasteiger partial charge on any atom is 0.142 e. The first-order valence-corrected chi connectivity index (χ1v) is 13.1. The van der Waals surface area contributed by atoms with Gasteiger partial charge in [-0.15, -0.1) is 0 Å². The van der Waals surface area contributed by atoms with E-state index in [-0.39, 0.29) is 12.0 Å². The highest BCUT2D eigenvalue weighted by molar-refractivity contribution is 5.66. The third kappa shape index (κ3) is 4.89. The van der Waals surface area contributed by atoms with Gasteiger partial charge in [0, 0.05) is 6.61 Å². The van der Waals surface area contributed by atoms with E-state index in [2.05, 4.69) is 34.6 Å². The molecule has 0 aromatic heterocycles. The lowest BCUT2D eigenvalue weighted by atomic mass is 9.47. The van der Waals surface area contributed by atoms with Crippen LogP contribution < -0.4 is 0 Å². The third-order valence-corrected chi connectivity index (χ3v) is 9.55. The number of fused-ring (bicyclic) bond motifs is 3. The Bertz CT molecular complexity index is 567. The Balaban J connectivity index is 0.00000101. The predicted molar refractivity (Wildman–Crippen MR) is 128 cm³/mol. The smallest absolute Gasteiger partial charge is 0.142 e. The molecule has 2 nitrogen and oxygen atoms in total. The van der Waals surface area contributed by atoms with Crippen molar-refractivity contribution in [3.8, 4) is 0 Å². The largest absolute Gasteiger partial charge is 0.397 e. The van der Waals surface area contributed by atoms with Crippen molar-refractivity contribution in [2.24, 2.45) is 40.4 Å². The molecule has 1 N–H and O–H groups in total. The molecule has 0 amide bonds. The number of carbonyl (C=O) groups excluding carboxylic acids is 1. The molecule has 3 fully saturated rings. The number of aldehydes is 1. The van der Waals surface area contributed by atoms with E-state index in [0.29, 0.717) is 5.41 Å². The average molecular weight is 419 g/mol. The molecule has 7 unspecified atom stereocenters. The highest BCUT2D eigenvalue weighted by atomic mass is 16.2. The maximum atomic E-state index is 11.3. The molecule has 0 aromatic rings. The number of hydrogen-bond donors (Lipinski definition) is 1. The molecule has 30 heavy (non-hydrogen) atoms. The van der Waals surface area contributed by atoms with Gasteiger partial charge >= 0.3 is 0 Å². The number of unbranched alkanes of at least 4 members (excludes halogenated alkanes) is 1. The van der Waals surface area contributed by atoms with Gasteiger partial charge in [0.25, 0.3) is 0 Å². The van der Waals surface area contributed by atoms with E-state index >= 15 is 0 Å². The third-order valence-electron chi connectivity index (χ3n) is 9.55. The Morgan fingerprint density at radius 1 is 1.07 bits per heavy atom. The summed E-state index contributed by atoms with van der Waals surface area (Å²) >= 11 is 0. The van der Waals surface area contributed by atoms with Crippen molar-refractivity contribution in [2.45, 2.75) is 112 Å². The molecular weight excluding hydrogens is 368 g/mol. The van der Waals surface area contributed by atoms with Crippen LogP contribution in [0, 0.1) is 40.4 Å². The molecule has 3 rings (SSSR count). The molecule has 7 atom stereocenters. The number of aliphatic hydroxyl groups excluding tert-OH is 1. The molecule has 2 heteroatoms. The molecule has 3 saturated carbocycles. The Hall–Kier alpha value is -0.630. The SMILES string of the molecule is CCCCC(C)C1CCC2C3CC/C(=C/C=O)C(C)(CCC)C3CCC12C.CCO. The lowest BCUT2D eigenvalue weighted by Gasteiger charge is -2.58. The van der Waals surface area contributed by atoms with Crippen molar-refractivity contribution in [2.75, 3.05) is 6.61 Å². The first-order valence-electron chi connectivity index (χ1n) is 13.1. The van der Waals surface area contributed by atoms with Crippen molar-refractivity contribution < 1.29 is 9.90 Å². The van der Waals surface area contributed by atoms with E-state index in [1.807, 2.05) is 6.08 Å². The average Bonchev–Trinajstić information content (AvgIpc) is 3.06. The first-order chi connectivity index (χ1) is 14.3. The Morgan fingerprint density at radius 3 is 2.37 bits per heavy atom. The van der Waals surface area contributed by atoms with Gasteiger partial charge in [-0.3, -0.25) is 4.79 Å². The summed E-state index contributed by atoms with van der Waals surface area (Å²) in [5, 5.41) is 7.57. The molecule has 0 radical (unpaired) electrons. The summed E-state index contributed by atoms with van der Waals surface area (Å²) in [4.78, 5) is 11.3. The van der Waals surface area contributed by atoms with Gasteiger partial charge in [0.2, 0.25) is 0 Å². The van der Waals surface area contributed by atoms with Gasteiger partial charge in [-0.25, -0.2) is 0 Å². The van der Waals surface area contributed by atoms with Crippen molar-refractivity contribution in [1.29, 1.82) is 0 Å². The number of carbonyl (C=O) groups is 1. The van der Waals surface area contributed by atoms with Crippen molar-refractivity contribution >= 4 is 6.29 Å². The van der Waals surface area contributed by atoms with Crippen LogP contribution in [0.25, 0.3) is 0 Å². The Morgan fingerprint density at radius 2 is 1.77 bits per heavy atom. The zero-order valence-corrected chi connectivity index (χ0v) is 20.9. The van der Waals surface area contributed by atoms with Crippen molar-refractivity contribution in [1.82, 2.24) is 0 Å². The normalized spacial score (nSPS) is 40.2. The number of aliphatic hydroxyl groups is 1. The summed E-state index contributed by atoms with van der Waals surface area (Å²) in [6.45, 7) is 14.3. The minimum absolute atomic E-state index is 0.250. The molecule has 0 aliphatic heterocycles. The van der Waals surface area contributed by atoms with Gasteiger partial charge in [-0.1, -0.05) is 65.9 Å². The molecule has 0 heterocycles. The van der Waals surface area contributed by atoms with Crippen LogP contribution in [0.1, 0.15) is 112 Å². The van der Waals surface area contributed by atoms with Crippen LogP contribution in [0.5, 0.6) is 0 Å². The van der Waals surface area contributed by atoms with E-state index in [4.69, 9.17) is 5.11 Å². The topological polar surface area (TPSA) is 37.3 Å². The fourth-order valence-electron chi connectivity index (χ4n) is 8.25. The van der Waals surface area contributed by atoms with Gasteiger partial charge in [0.1, 0.15) is 6.29 Å². The highest BCUT2D eigenvalue weighted by Crippen LogP contribution is 2.67. The van der Waals surface area contributed by atoms with Crippen molar-refractivity contribution in [3.63, 3.8) is 0 Å². The van der Waals surface area contributed by atoms with Crippen LogP contribution in [-0.4, -0.2) is 18.0 Å². The van der Waals surface area contributed by atoms with Gasteiger partial charge in [-0.05, 0) is 98.4 Å². The van der Waals surface area contributed by atoms with Gasteiger partial charge in [0.15, 0.2) is 0 Å². The zero-order valence-electron chi connectivity index (χ0n) is 20.9. The second-order valence-corrected chi connectivity index (χ2v) is 11.1. The number of rotatable bonds is 7. The summed E-state index contributed by atoms with van der Waals surface area (Å²) in [6.07, 6.45) is 17.9. The van der Waals surface area contributed by atoms with Crippen LogP contribution in [0.2, 0.25) is 0 Å². The van der Waals surface area contributed by atoms with E-state index in [9.17, 15) is 4.79 Å². The summed E-state index contributed by atoms with van der Waals surface area (Å²) in [7, 11) is 0. The molecule has 0 bridgehead atoms. The quantitative estimate of drug-likeness (QED) is 0.341. The summed E-state index contributed by atoms with van der Waals surface area (Å²) in [5.41, 5.74) is 2.31. The molecule has 0 saturated heterocycles. The number of hydrogen-bond acceptors (Lipinski definition) is 2. The van der Waals surface area contributed by atoms with Crippen LogP contribution in [-0.2, 0) is 4.79 Å². The molecule has 174 valence electrons. The van der Waals surface area contributed by atoms with Gasteiger partial charge in [-0.2, -0.15) is 0 Å². The van der Waals surface area contributed by atoms with Crippen LogP contribution >= 0.6 is 0 Å². The first kappa shape index (κ1) is 25.6. The van der Waals surface area contributed by atoms with Crippen molar-refractivity contribution in [3.05, 3.63) is 11.6 Å². The number of allylic oxidation sites excluding steroid dienone is 2. The van der Waals surface area contributed by atoms with Gasteiger partial charge in [0.05, 0.1) is 0 Å². The fraction of sp³-hybridized carbons (Fsp3) is 0.893. The molecule has 0 aromatic carbocycles. The van der Waals surface area contributed by atoms with Crippen LogP contribution in [0.15, 0.2) is 11.6 Å². The molecule has 3 aliphatic carbocycles. The lowest BCUT2D eigenvalue weighted by Crippen LogP contribution is -2.50. The molecule has 3 aliphatic rings. The standard InChI is InChI=1S/C26H44O.C2H6O/c1-6-8-9-19(3)22-12-13-23-21-11-10-20(15-18-27)25(4,16-7-2)24(21)14-17-26(22,23)5;1-2-3/h15,18-19,21-24H,6-14,16-17H2,1-5H3;3H,2H2,1H3/b20-15-;. The monoisotopic (exact) mass is 418 g/mol. The summed E-state index contributed by atoms with van der Waals surface area (Å²) in [5.74, 6) is 4.47. The summed E-state index contributed by atoms with van der Waals surface area (Å²) in [6, 6.07) is 0. The van der Waals surface area contributed by atoms with Crippen LogP contribution in [0.4, 0.5) is 0 Å². The lowest BCUT2D eigenvalue weighted by molar-refractivity contribution is -0.104. The molecular formula is C28H50O2. The zero-order chi connectivity index (χ0) is 22.4. The van der Waals surface area contributed by atoms with E-state index in [1.54, 1.807) is 6.92 Å². The van der Waals surface area contributed by atoms with E-state index in [0.717, 1.165) is 35.9 Å². The summed E-state index contributed by atoms with van der Waals surface area (Å²) < 4.78 is 0. The van der Waals surface area contributed by atoms with Crippen LogP contribution in [0.3, 0.4) is 0 Å². The highest BCUT2D eigenvalue weighted by Gasteiger charge is 2.58. The van der Waals surface area contributed by atoms with Gasteiger partial charge < -0.3 is 5.11 Å². The minimum atomic E-state index is 0.250. The Kier molecular flexibility index (Phi) is 9.65. The van der Waals surface area contributed by atoms with E-state index in [1.165, 1.54) is 76.2 Å². The fourth-order valence-corrected chi connectivity index (χ4v) is 8.25. The second kappa shape index (κ2) is 11.3.